The van der Waals surface area contributed by atoms with Crippen molar-refractivity contribution in [3.63, 3.8) is 0 Å². The Hall–Kier alpha value is -1.55. The van der Waals surface area contributed by atoms with E-state index in [1.807, 2.05) is 12.1 Å². The quantitative estimate of drug-likeness (QED) is 0.636. The summed E-state index contributed by atoms with van der Waals surface area (Å²) in [4.78, 5) is 26.0. The van der Waals surface area contributed by atoms with Crippen LogP contribution in [0.15, 0.2) is 24.3 Å². The molecule has 4 nitrogen and oxygen atoms in total. The Morgan fingerprint density at radius 1 is 1.40 bits per heavy atom. The zero-order valence-corrected chi connectivity index (χ0v) is 12.2. The van der Waals surface area contributed by atoms with Gasteiger partial charge in [0.1, 0.15) is 6.04 Å². The zero-order chi connectivity index (χ0) is 14.5. The van der Waals surface area contributed by atoms with Crippen molar-refractivity contribution in [1.29, 1.82) is 0 Å². The summed E-state index contributed by atoms with van der Waals surface area (Å²) >= 11 is 5.79. The normalized spacial score (nSPS) is 18.7. The van der Waals surface area contributed by atoms with Gasteiger partial charge in [-0.3, -0.25) is 4.79 Å². The van der Waals surface area contributed by atoms with Crippen molar-refractivity contribution in [2.24, 2.45) is 0 Å². The van der Waals surface area contributed by atoms with Gasteiger partial charge in [-0.1, -0.05) is 12.1 Å². The van der Waals surface area contributed by atoms with E-state index in [0.29, 0.717) is 24.4 Å². The minimum Gasteiger partial charge on any atom is -0.467 e. The molecule has 1 heterocycles. The van der Waals surface area contributed by atoms with Gasteiger partial charge >= 0.3 is 5.97 Å². The Morgan fingerprint density at radius 2 is 2.20 bits per heavy atom. The Labute approximate surface area is 123 Å². The summed E-state index contributed by atoms with van der Waals surface area (Å²) in [6.07, 6.45) is 2.51. The number of hydrogen-bond donors (Lipinski definition) is 0. The number of esters is 1. The predicted molar refractivity (Wildman–Crippen MR) is 76.7 cm³/mol. The molecule has 0 spiro atoms. The van der Waals surface area contributed by atoms with Crippen LogP contribution in [0, 0.1) is 0 Å². The molecule has 5 heteroatoms. The first-order valence-electron chi connectivity index (χ1n) is 6.71. The van der Waals surface area contributed by atoms with Gasteiger partial charge in [-0.25, -0.2) is 4.79 Å². The topological polar surface area (TPSA) is 46.6 Å². The number of carbonyl (C=O) groups excluding carboxylic acids is 2. The van der Waals surface area contributed by atoms with Crippen molar-refractivity contribution in [1.82, 2.24) is 4.90 Å². The first-order valence-corrected chi connectivity index (χ1v) is 7.24. The van der Waals surface area contributed by atoms with E-state index in [2.05, 4.69) is 0 Å². The molecule has 2 rings (SSSR count). The van der Waals surface area contributed by atoms with E-state index in [1.54, 1.807) is 17.0 Å². The van der Waals surface area contributed by atoms with Gasteiger partial charge in [0.15, 0.2) is 0 Å². The molecule has 1 aromatic carbocycles. The van der Waals surface area contributed by atoms with Crippen LogP contribution in [0.4, 0.5) is 0 Å². The molecule has 1 amide bonds. The highest BCUT2D eigenvalue weighted by Crippen LogP contribution is 2.21. The molecule has 0 aliphatic carbocycles. The molecule has 1 fully saturated rings. The number of rotatable bonds is 3. The van der Waals surface area contributed by atoms with Gasteiger partial charge in [-0.05, 0) is 37.0 Å². The van der Waals surface area contributed by atoms with Crippen LogP contribution in [0.5, 0.6) is 0 Å². The van der Waals surface area contributed by atoms with E-state index < -0.39 is 6.04 Å². The second kappa shape index (κ2) is 6.75. The maximum Gasteiger partial charge on any atom is 0.328 e. The molecule has 0 radical (unpaired) electrons. The maximum atomic E-state index is 12.6. The summed E-state index contributed by atoms with van der Waals surface area (Å²) in [5, 5.41) is 0. The van der Waals surface area contributed by atoms with Crippen molar-refractivity contribution in [2.75, 3.05) is 13.7 Å². The Balaban J connectivity index is 2.22. The summed E-state index contributed by atoms with van der Waals surface area (Å²) in [7, 11) is 1.35. The number of nitrogens with zero attached hydrogens (tertiary/aromatic N) is 1. The van der Waals surface area contributed by atoms with Crippen molar-refractivity contribution in [2.45, 2.75) is 31.2 Å². The lowest BCUT2D eigenvalue weighted by molar-refractivity contribution is -0.147. The Kier molecular flexibility index (Phi) is 5.01. The van der Waals surface area contributed by atoms with E-state index in [9.17, 15) is 9.59 Å². The van der Waals surface area contributed by atoms with E-state index in [-0.39, 0.29) is 11.9 Å². The van der Waals surface area contributed by atoms with E-state index in [4.69, 9.17) is 16.3 Å². The van der Waals surface area contributed by atoms with E-state index in [0.717, 1.165) is 18.4 Å². The number of carbonyl (C=O) groups is 2. The van der Waals surface area contributed by atoms with Gasteiger partial charge in [0.2, 0.25) is 0 Å². The number of likely N-dealkylation sites (tertiary alicyclic amines) is 1. The van der Waals surface area contributed by atoms with Gasteiger partial charge in [0.25, 0.3) is 5.91 Å². The van der Waals surface area contributed by atoms with Crippen LogP contribution in [0.2, 0.25) is 0 Å². The molecule has 1 unspecified atom stereocenters. The predicted octanol–water partition coefficient (Wildman–Crippen LogP) is 2.59. The number of amides is 1. The fourth-order valence-corrected chi connectivity index (χ4v) is 2.68. The smallest absolute Gasteiger partial charge is 0.328 e. The van der Waals surface area contributed by atoms with Crippen molar-refractivity contribution >= 4 is 23.5 Å². The van der Waals surface area contributed by atoms with Crippen LogP contribution in [0.25, 0.3) is 0 Å². The molecule has 0 N–H and O–H groups in total. The molecular weight excluding hydrogens is 278 g/mol. The molecular formula is C15H18ClNO3. The second-order valence-electron chi connectivity index (χ2n) is 4.87. The molecule has 1 saturated heterocycles. The lowest BCUT2D eigenvalue weighted by atomic mass is 10.0. The van der Waals surface area contributed by atoms with Crippen LogP contribution in [0.1, 0.15) is 35.2 Å². The molecule has 0 aromatic heterocycles. The third kappa shape index (κ3) is 3.12. The highest BCUT2D eigenvalue weighted by Gasteiger charge is 2.33. The van der Waals surface area contributed by atoms with Crippen LogP contribution in [-0.2, 0) is 15.4 Å². The number of benzene rings is 1. The summed E-state index contributed by atoms with van der Waals surface area (Å²) in [5.41, 5.74) is 1.46. The molecule has 20 heavy (non-hydrogen) atoms. The summed E-state index contributed by atoms with van der Waals surface area (Å²) in [6, 6.07) is 6.74. The average Bonchev–Trinajstić information content (AvgIpc) is 2.53. The van der Waals surface area contributed by atoms with Gasteiger partial charge in [0, 0.05) is 18.0 Å². The largest absolute Gasteiger partial charge is 0.467 e. The van der Waals surface area contributed by atoms with Crippen LogP contribution in [-0.4, -0.2) is 36.5 Å². The second-order valence-corrected chi connectivity index (χ2v) is 5.13. The van der Waals surface area contributed by atoms with Crippen LogP contribution >= 0.6 is 11.6 Å². The highest BCUT2D eigenvalue weighted by atomic mass is 35.5. The molecule has 1 aromatic rings. The fourth-order valence-electron chi connectivity index (χ4n) is 2.51. The first-order chi connectivity index (χ1) is 9.67. The van der Waals surface area contributed by atoms with Crippen LogP contribution < -0.4 is 0 Å². The third-order valence-electron chi connectivity index (χ3n) is 3.57. The van der Waals surface area contributed by atoms with Gasteiger partial charge in [0.05, 0.1) is 7.11 Å². The lowest BCUT2D eigenvalue weighted by Gasteiger charge is -2.33. The number of hydrogen-bond acceptors (Lipinski definition) is 3. The molecule has 0 bridgehead atoms. The highest BCUT2D eigenvalue weighted by molar-refractivity contribution is 6.17. The monoisotopic (exact) mass is 295 g/mol. The van der Waals surface area contributed by atoms with E-state index in [1.165, 1.54) is 7.11 Å². The zero-order valence-electron chi connectivity index (χ0n) is 11.5. The summed E-state index contributed by atoms with van der Waals surface area (Å²) in [6.45, 7) is 0.587. The molecule has 1 atom stereocenters. The molecule has 0 saturated carbocycles. The van der Waals surface area contributed by atoms with Gasteiger partial charge in [-0.2, -0.15) is 0 Å². The summed E-state index contributed by atoms with van der Waals surface area (Å²) < 4.78 is 4.80. The Morgan fingerprint density at radius 3 is 2.90 bits per heavy atom. The summed E-state index contributed by atoms with van der Waals surface area (Å²) in [5.74, 6) is -0.111. The minimum atomic E-state index is -0.471. The van der Waals surface area contributed by atoms with Crippen molar-refractivity contribution in [3.05, 3.63) is 35.4 Å². The fraction of sp³-hybridized carbons (Fsp3) is 0.467. The Bertz CT molecular complexity index is 504. The number of piperidine rings is 1. The van der Waals surface area contributed by atoms with Gasteiger partial charge < -0.3 is 9.64 Å². The lowest BCUT2D eigenvalue weighted by Crippen LogP contribution is -2.48. The molecule has 1 aliphatic heterocycles. The average molecular weight is 296 g/mol. The van der Waals surface area contributed by atoms with Crippen molar-refractivity contribution < 1.29 is 14.3 Å². The minimum absolute atomic E-state index is 0.132. The SMILES string of the molecule is COC(=O)C1CCCCN1C(=O)c1cccc(CCl)c1. The van der Waals surface area contributed by atoms with Crippen molar-refractivity contribution in [3.8, 4) is 0 Å². The van der Waals surface area contributed by atoms with Gasteiger partial charge in [-0.15, -0.1) is 11.6 Å². The first kappa shape index (κ1) is 14.9. The molecule has 1 aliphatic rings. The number of methoxy groups -OCH3 is 1. The number of halogens is 1. The third-order valence-corrected chi connectivity index (χ3v) is 3.87. The van der Waals surface area contributed by atoms with Crippen LogP contribution in [0.3, 0.4) is 0 Å². The maximum absolute atomic E-state index is 12.6. The van der Waals surface area contributed by atoms with E-state index >= 15 is 0 Å². The number of alkyl halides is 1. The molecule has 108 valence electrons. The standard InChI is InChI=1S/C15H18ClNO3/c1-20-15(19)13-7-2-3-8-17(13)14(18)12-6-4-5-11(9-12)10-16/h4-6,9,13H,2-3,7-8,10H2,1H3. The number of ether oxygens (including phenoxy) is 1.